The summed E-state index contributed by atoms with van der Waals surface area (Å²) in [7, 11) is 0. The number of rotatable bonds is 5. The summed E-state index contributed by atoms with van der Waals surface area (Å²) in [5, 5.41) is 0. The van der Waals surface area contributed by atoms with Crippen molar-refractivity contribution < 1.29 is 14.3 Å². The van der Waals surface area contributed by atoms with E-state index < -0.39 is 5.60 Å². The van der Waals surface area contributed by atoms with Gasteiger partial charge in [0.05, 0.1) is 17.8 Å². The molecule has 0 aliphatic carbocycles. The number of fused-ring (bicyclic) bond motifs is 1. The standard InChI is InChI=1S/C27H21N3O3/c1-27(2)26(31)24(25(33-27)19-7-11-20(28-3)12-8-19)18-9-13-22(14-10-18)32-17-21-16-30-15-5-4-6-23(30)29-21/h4-16H,17H2,1-2H3. The van der Waals surface area contributed by atoms with E-state index in [1.54, 1.807) is 26.0 Å². The number of aromatic nitrogens is 2. The van der Waals surface area contributed by atoms with Gasteiger partial charge in [-0.3, -0.25) is 4.79 Å². The van der Waals surface area contributed by atoms with Crippen LogP contribution in [0.5, 0.6) is 5.75 Å². The van der Waals surface area contributed by atoms with Gasteiger partial charge in [0.1, 0.15) is 23.8 Å². The van der Waals surface area contributed by atoms with Gasteiger partial charge in [0.2, 0.25) is 5.78 Å². The molecule has 0 bridgehead atoms. The summed E-state index contributed by atoms with van der Waals surface area (Å²) in [4.78, 5) is 21.1. The van der Waals surface area contributed by atoms with Crippen molar-refractivity contribution in [3.8, 4) is 5.75 Å². The summed E-state index contributed by atoms with van der Waals surface area (Å²) in [6.45, 7) is 11.0. The first-order valence-corrected chi connectivity index (χ1v) is 10.6. The minimum absolute atomic E-state index is 0.0786. The Kier molecular flexibility index (Phi) is 4.95. The fraction of sp³-hybridized carbons (Fsp3) is 0.148. The highest BCUT2D eigenvalue weighted by Gasteiger charge is 2.42. The quantitative estimate of drug-likeness (QED) is 0.377. The van der Waals surface area contributed by atoms with Gasteiger partial charge in [0.25, 0.3) is 0 Å². The molecule has 0 unspecified atom stereocenters. The summed E-state index contributed by atoms with van der Waals surface area (Å²) in [5.41, 5.74) is 3.34. The molecule has 4 aromatic rings. The van der Waals surface area contributed by atoms with E-state index >= 15 is 0 Å². The number of nitrogens with zero attached hydrogens (tertiary/aromatic N) is 3. The number of ketones is 1. The second kappa shape index (κ2) is 7.95. The second-order valence-electron chi connectivity index (χ2n) is 8.32. The largest absolute Gasteiger partial charge is 0.487 e. The Balaban J connectivity index is 1.40. The average molecular weight is 435 g/mol. The van der Waals surface area contributed by atoms with Crippen LogP contribution in [0.1, 0.15) is 30.7 Å². The smallest absolute Gasteiger partial charge is 0.210 e. The van der Waals surface area contributed by atoms with Crippen LogP contribution in [-0.2, 0) is 16.1 Å². The minimum atomic E-state index is -0.957. The van der Waals surface area contributed by atoms with E-state index in [4.69, 9.17) is 16.0 Å². The number of carbonyl (C=O) groups is 1. The zero-order valence-corrected chi connectivity index (χ0v) is 18.3. The molecule has 0 radical (unpaired) electrons. The van der Waals surface area contributed by atoms with Gasteiger partial charge >= 0.3 is 0 Å². The number of ether oxygens (including phenoxy) is 2. The van der Waals surface area contributed by atoms with Crippen molar-refractivity contribution >= 4 is 28.5 Å². The molecule has 33 heavy (non-hydrogen) atoms. The lowest BCUT2D eigenvalue weighted by Gasteiger charge is -2.17. The molecule has 0 saturated carbocycles. The van der Waals surface area contributed by atoms with Gasteiger partial charge in [-0.25, -0.2) is 9.83 Å². The minimum Gasteiger partial charge on any atom is -0.487 e. The molecule has 0 atom stereocenters. The van der Waals surface area contributed by atoms with E-state index in [-0.39, 0.29) is 5.78 Å². The number of Topliss-reactive ketones (excluding diaryl/α,β-unsaturated/α-hetero) is 1. The fourth-order valence-electron chi connectivity index (χ4n) is 3.84. The van der Waals surface area contributed by atoms with Crippen molar-refractivity contribution in [3.63, 3.8) is 0 Å². The first kappa shape index (κ1) is 20.5. The molecule has 1 aliphatic heterocycles. The molecule has 162 valence electrons. The van der Waals surface area contributed by atoms with Gasteiger partial charge in [-0.15, -0.1) is 0 Å². The third kappa shape index (κ3) is 3.85. The van der Waals surface area contributed by atoms with Crippen molar-refractivity contribution in [1.29, 1.82) is 0 Å². The van der Waals surface area contributed by atoms with Crippen LogP contribution in [0, 0.1) is 6.57 Å². The van der Waals surface area contributed by atoms with Crippen molar-refractivity contribution in [2.45, 2.75) is 26.1 Å². The highest BCUT2D eigenvalue weighted by molar-refractivity contribution is 6.32. The van der Waals surface area contributed by atoms with Gasteiger partial charge < -0.3 is 13.9 Å². The highest BCUT2D eigenvalue weighted by atomic mass is 16.5. The number of pyridine rings is 1. The van der Waals surface area contributed by atoms with Crippen LogP contribution in [0.4, 0.5) is 5.69 Å². The van der Waals surface area contributed by atoms with Gasteiger partial charge in [-0.2, -0.15) is 0 Å². The molecule has 1 aliphatic rings. The SMILES string of the molecule is [C-]#[N+]c1ccc(C2=C(c3ccc(OCc4cn5ccccc5n4)cc3)C(=O)C(C)(C)O2)cc1. The Labute approximate surface area is 191 Å². The Bertz CT molecular complexity index is 1390. The predicted molar refractivity (Wildman–Crippen MR) is 126 cm³/mol. The molecule has 0 fully saturated rings. The normalized spacial score (nSPS) is 14.9. The maximum Gasteiger partial charge on any atom is 0.210 e. The number of carbonyl (C=O) groups excluding carboxylic acids is 1. The van der Waals surface area contributed by atoms with E-state index in [0.29, 0.717) is 29.4 Å². The zero-order valence-electron chi connectivity index (χ0n) is 18.3. The van der Waals surface area contributed by atoms with Crippen molar-refractivity contribution in [2.24, 2.45) is 0 Å². The number of hydrogen-bond acceptors (Lipinski definition) is 4. The van der Waals surface area contributed by atoms with Crippen LogP contribution in [0.25, 0.3) is 21.8 Å². The molecule has 3 heterocycles. The summed E-state index contributed by atoms with van der Waals surface area (Å²) < 4.78 is 13.9. The molecule has 2 aromatic carbocycles. The van der Waals surface area contributed by atoms with Crippen LogP contribution >= 0.6 is 0 Å². The first-order chi connectivity index (χ1) is 15.9. The molecule has 5 rings (SSSR count). The van der Waals surface area contributed by atoms with Gasteiger partial charge in [-0.05, 0) is 43.7 Å². The molecule has 6 nitrogen and oxygen atoms in total. The zero-order chi connectivity index (χ0) is 23.0. The number of hydrogen-bond donors (Lipinski definition) is 0. The summed E-state index contributed by atoms with van der Waals surface area (Å²) in [6, 6.07) is 20.3. The Morgan fingerprint density at radius 3 is 2.45 bits per heavy atom. The lowest BCUT2D eigenvalue weighted by molar-refractivity contribution is -0.125. The first-order valence-electron chi connectivity index (χ1n) is 10.6. The highest BCUT2D eigenvalue weighted by Crippen LogP contribution is 2.41. The van der Waals surface area contributed by atoms with Gasteiger partial charge in [-0.1, -0.05) is 42.5 Å². The lowest BCUT2D eigenvalue weighted by Crippen LogP contribution is -2.29. The van der Waals surface area contributed by atoms with Crippen LogP contribution in [0.3, 0.4) is 0 Å². The molecule has 6 heteroatoms. The van der Waals surface area contributed by atoms with Crippen molar-refractivity contribution in [2.75, 3.05) is 0 Å². The van der Waals surface area contributed by atoms with E-state index in [1.807, 2.05) is 71.4 Å². The number of imidazole rings is 1. The summed E-state index contributed by atoms with van der Waals surface area (Å²) >= 11 is 0. The lowest BCUT2D eigenvalue weighted by atomic mass is 9.92. The molecular weight excluding hydrogens is 414 g/mol. The molecule has 0 amide bonds. The van der Waals surface area contributed by atoms with Gasteiger partial charge in [0, 0.05) is 18.0 Å². The van der Waals surface area contributed by atoms with Crippen LogP contribution in [0.15, 0.2) is 79.1 Å². The summed E-state index contributed by atoms with van der Waals surface area (Å²) in [5.74, 6) is 1.13. The Morgan fingerprint density at radius 1 is 1.03 bits per heavy atom. The predicted octanol–water partition coefficient (Wildman–Crippen LogP) is 5.71. The Morgan fingerprint density at radius 2 is 1.76 bits per heavy atom. The monoisotopic (exact) mass is 435 g/mol. The third-order valence-electron chi connectivity index (χ3n) is 5.56. The molecule has 0 N–H and O–H groups in total. The molecule has 0 spiro atoms. The fourth-order valence-corrected chi connectivity index (χ4v) is 3.84. The van der Waals surface area contributed by atoms with Crippen LogP contribution in [0.2, 0.25) is 0 Å². The summed E-state index contributed by atoms with van der Waals surface area (Å²) in [6.07, 6.45) is 3.89. The van der Waals surface area contributed by atoms with E-state index in [1.165, 1.54) is 0 Å². The maximum absolute atomic E-state index is 13.1. The molecular formula is C27H21N3O3. The molecule has 0 saturated heterocycles. The van der Waals surface area contributed by atoms with Crippen molar-refractivity contribution in [3.05, 3.63) is 107 Å². The Hall–Kier alpha value is -4.37. The third-order valence-corrected chi connectivity index (χ3v) is 5.56. The van der Waals surface area contributed by atoms with Crippen molar-refractivity contribution in [1.82, 2.24) is 9.38 Å². The van der Waals surface area contributed by atoms with E-state index in [0.717, 1.165) is 22.5 Å². The van der Waals surface area contributed by atoms with E-state index in [9.17, 15) is 4.79 Å². The van der Waals surface area contributed by atoms with Crippen LogP contribution in [-0.4, -0.2) is 20.8 Å². The van der Waals surface area contributed by atoms with Crippen LogP contribution < -0.4 is 4.74 Å². The maximum atomic E-state index is 13.1. The topological polar surface area (TPSA) is 57.2 Å². The average Bonchev–Trinajstić information content (AvgIpc) is 3.36. The number of benzene rings is 2. The van der Waals surface area contributed by atoms with Gasteiger partial charge in [0.15, 0.2) is 11.3 Å². The molecule has 2 aromatic heterocycles. The van der Waals surface area contributed by atoms with E-state index in [2.05, 4.69) is 9.83 Å². The second-order valence-corrected chi connectivity index (χ2v) is 8.32.